The molecular weight excluding hydrogens is 280 g/mol. The minimum Gasteiger partial charge on any atom is -0.325 e. The van der Waals surface area contributed by atoms with E-state index in [0.29, 0.717) is 5.69 Å². The van der Waals surface area contributed by atoms with Gasteiger partial charge in [0.05, 0.1) is 11.8 Å². The second kappa shape index (κ2) is 4.80. The van der Waals surface area contributed by atoms with Gasteiger partial charge in [0, 0.05) is 5.69 Å². The predicted molar refractivity (Wildman–Crippen MR) is 79.5 cm³/mol. The Labute approximate surface area is 128 Å². The molecule has 112 valence electrons. The van der Waals surface area contributed by atoms with Crippen molar-refractivity contribution in [2.24, 2.45) is 23.7 Å². The van der Waals surface area contributed by atoms with E-state index in [0.717, 1.165) is 11.3 Å². The number of nitrogens with zero attached hydrogens (tertiary/aromatic N) is 1. The number of hydrogen-bond donors (Lipinski definition) is 1. The van der Waals surface area contributed by atoms with Gasteiger partial charge < -0.3 is 5.32 Å². The highest BCUT2D eigenvalue weighted by Crippen LogP contribution is 2.52. The summed E-state index contributed by atoms with van der Waals surface area (Å²) in [5, 5.41) is 2.71. The summed E-state index contributed by atoms with van der Waals surface area (Å²) >= 11 is 0. The number of likely N-dealkylation sites (tertiary alicyclic amines) is 1. The summed E-state index contributed by atoms with van der Waals surface area (Å²) < 4.78 is 0. The van der Waals surface area contributed by atoms with Gasteiger partial charge in [0.25, 0.3) is 0 Å². The van der Waals surface area contributed by atoms with Gasteiger partial charge in [0.15, 0.2) is 0 Å². The van der Waals surface area contributed by atoms with Gasteiger partial charge in [-0.3, -0.25) is 19.3 Å². The highest BCUT2D eigenvalue weighted by Gasteiger charge is 2.59. The quantitative estimate of drug-likeness (QED) is 0.678. The van der Waals surface area contributed by atoms with E-state index in [1.807, 2.05) is 30.4 Å². The molecule has 1 heterocycles. The molecule has 2 bridgehead atoms. The number of amides is 3. The standard InChI is InChI=1S/C17H16N2O3/c20-13(18-12-4-2-1-3-5-12)9-19-16(21)14-10-6-7-11(8-10)15(14)17(19)22/h1-7,10-11,14-15H,8-9H2,(H,18,20)/t10-,11-,14+,15+/m1/s1. The number of carbonyl (C=O) groups is 3. The van der Waals surface area contributed by atoms with Crippen molar-refractivity contribution >= 4 is 23.4 Å². The van der Waals surface area contributed by atoms with E-state index >= 15 is 0 Å². The van der Waals surface area contributed by atoms with Crippen LogP contribution in [0.1, 0.15) is 6.42 Å². The second-order valence-electron chi connectivity index (χ2n) is 6.18. The van der Waals surface area contributed by atoms with Crippen LogP contribution >= 0.6 is 0 Å². The molecule has 2 aliphatic carbocycles. The number of imide groups is 1. The molecule has 1 aromatic rings. The molecule has 4 atom stereocenters. The average molecular weight is 296 g/mol. The van der Waals surface area contributed by atoms with Gasteiger partial charge in [-0.1, -0.05) is 30.4 Å². The molecule has 1 saturated carbocycles. The van der Waals surface area contributed by atoms with Gasteiger partial charge in [-0.15, -0.1) is 0 Å². The summed E-state index contributed by atoms with van der Waals surface area (Å²) in [6.45, 7) is -0.195. The Morgan fingerprint density at radius 2 is 1.64 bits per heavy atom. The highest BCUT2D eigenvalue weighted by molar-refractivity contribution is 6.09. The van der Waals surface area contributed by atoms with Gasteiger partial charge >= 0.3 is 0 Å². The van der Waals surface area contributed by atoms with E-state index < -0.39 is 0 Å². The summed E-state index contributed by atoms with van der Waals surface area (Å²) in [7, 11) is 0. The molecule has 4 rings (SSSR count). The molecule has 5 nitrogen and oxygen atoms in total. The van der Waals surface area contributed by atoms with Crippen LogP contribution in [0.25, 0.3) is 0 Å². The lowest BCUT2D eigenvalue weighted by Gasteiger charge is -2.16. The van der Waals surface area contributed by atoms with Crippen molar-refractivity contribution in [3.05, 3.63) is 42.5 Å². The van der Waals surface area contributed by atoms with Gasteiger partial charge in [-0.25, -0.2) is 0 Å². The number of hydrogen-bond acceptors (Lipinski definition) is 3. The maximum atomic E-state index is 12.5. The monoisotopic (exact) mass is 296 g/mol. The Morgan fingerprint density at radius 3 is 2.23 bits per heavy atom. The zero-order valence-electron chi connectivity index (χ0n) is 11.9. The van der Waals surface area contributed by atoms with Crippen molar-refractivity contribution in [2.45, 2.75) is 6.42 Å². The number of fused-ring (bicyclic) bond motifs is 5. The maximum Gasteiger partial charge on any atom is 0.244 e. The molecule has 22 heavy (non-hydrogen) atoms. The fourth-order valence-corrected chi connectivity index (χ4v) is 3.99. The van der Waals surface area contributed by atoms with Crippen LogP contribution in [0.4, 0.5) is 5.69 Å². The molecule has 1 N–H and O–H groups in total. The van der Waals surface area contributed by atoms with Crippen LogP contribution in [-0.4, -0.2) is 29.2 Å². The van der Waals surface area contributed by atoms with E-state index in [2.05, 4.69) is 5.32 Å². The molecule has 1 saturated heterocycles. The van der Waals surface area contributed by atoms with Gasteiger partial charge in [0.1, 0.15) is 6.54 Å². The largest absolute Gasteiger partial charge is 0.325 e. The lowest BCUT2D eigenvalue weighted by atomic mass is 9.85. The molecule has 3 amide bonds. The first kappa shape index (κ1) is 13.2. The van der Waals surface area contributed by atoms with Gasteiger partial charge in [-0.05, 0) is 30.4 Å². The van der Waals surface area contributed by atoms with Crippen LogP contribution in [0.5, 0.6) is 0 Å². The number of nitrogens with one attached hydrogen (secondary N) is 1. The molecule has 1 aromatic carbocycles. The van der Waals surface area contributed by atoms with Crippen LogP contribution < -0.4 is 5.32 Å². The Kier molecular flexibility index (Phi) is 2.89. The minimum atomic E-state index is -0.340. The molecule has 2 fully saturated rings. The molecular formula is C17H16N2O3. The summed E-state index contributed by atoms with van der Waals surface area (Å²) in [5.74, 6) is -0.848. The van der Waals surface area contributed by atoms with Crippen LogP contribution in [-0.2, 0) is 14.4 Å². The summed E-state index contributed by atoms with van der Waals surface area (Å²) in [6, 6.07) is 9.02. The first-order chi connectivity index (χ1) is 10.6. The molecule has 5 heteroatoms. The molecule has 0 spiro atoms. The summed E-state index contributed by atoms with van der Waals surface area (Å²) in [6.07, 6.45) is 4.99. The van der Waals surface area contributed by atoms with Gasteiger partial charge in [-0.2, -0.15) is 0 Å². The fourth-order valence-electron chi connectivity index (χ4n) is 3.99. The lowest BCUT2D eigenvalue weighted by molar-refractivity contribution is -0.143. The van der Waals surface area contributed by atoms with E-state index in [-0.39, 0.29) is 47.9 Å². The number of anilines is 1. The van der Waals surface area contributed by atoms with Crippen molar-refractivity contribution in [3.8, 4) is 0 Å². The normalized spacial score (nSPS) is 31.7. The van der Waals surface area contributed by atoms with E-state index in [9.17, 15) is 14.4 Å². The topological polar surface area (TPSA) is 66.5 Å². The first-order valence-electron chi connectivity index (χ1n) is 7.53. The van der Waals surface area contributed by atoms with Crippen molar-refractivity contribution in [3.63, 3.8) is 0 Å². The number of para-hydroxylation sites is 1. The summed E-state index contributed by atoms with van der Waals surface area (Å²) in [4.78, 5) is 38.2. The Morgan fingerprint density at radius 1 is 1.05 bits per heavy atom. The van der Waals surface area contributed by atoms with Crippen LogP contribution in [0, 0.1) is 23.7 Å². The van der Waals surface area contributed by atoms with E-state index in [1.165, 1.54) is 0 Å². The zero-order chi connectivity index (χ0) is 15.3. The third kappa shape index (κ3) is 1.89. The molecule has 0 radical (unpaired) electrons. The SMILES string of the molecule is O=C(CN1C(=O)[C@@H]2[C@@H](C1=O)[C@@H]1C=C[C@@H]2C1)Nc1ccccc1. The second-order valence-corrected chi connectivity index (χ2v) is 6.18. The number of allylic oxidation sites excluding steroid dienone is 2. The van der Waals surface area contributed by atoms with Gasteiger partial charge in [0.2, 0.25) is 17.7 Å². The molecule has 1 aliphatic heterocycles. The first-order valence-corrected chi connectivity index (χ1v) is 7.53. The van der Waals surface area contributed by atoms with Crippen LogP contribution in [0.2, 0.25) is 0 Å². The van der Waals surface area contributed by atoms with Crippen molar-refractivity contribution in [1.29, 1.82) is 0 Å². The minimum absolute atomic E-state index is 0.175. The number of rotatable bonds is 3. The Balaban J connectivity index is 1.47. The lowest BCUT2D eigenvalue weighted by Crippen LogP contribution is -2.39. The fraction of sp³-hybridized carbons (Fsp3) is 0.353. The van der Waals surface area contributed by atoms with Crippen LogP contribution in [0.3, 0.4) is 0 Å². The highest BCUT2D eigenvalue weighted by atomic mass is 16.2. The Hall–Kier alpha value is -2.43. The van der Waals surface area contributed by atoms with Crippen molar-refractivity contribution in [2.75, 3.05) is 11.9 Å². The molecule has 0 aromatic heterocycles. The smallest absolute Gasteiger partial charge is 0.244 e. The third-order valence-corrected chi connectivity index (χ3v) is 4.92. The average Bonchev–Trinajstić information content (AvgIpc) is 3.18. The zero-order valence-corrected chi connectivity index (χ0v) is 11.9. The van der Waals surface area contributed by atoms with Crippen molar-refractivity contribution < 1.29 is 14.4 Å². The summed E-state index contributed by atoms with van der Waals surface area (Å²) in [5.41, 5.74) is 0.661. The van der Waals surface area contributed by atoms with E-state index in [1.54, 1.807) is 12.1 Å². The number of benzene rings is 1. The molecule has 3 aliphatic rings. The van der Waals surface area contributed by atoms with E-state index in [4.69, 9.17) is 0 Å². The number of carbonyl (C=O) groups excluding carboxylic acids is 3. The Bertz CT molecular complexity index is 652. The van der Waals surface area contributed by atoms with Crippen molar-refractivity contribution in [1.82, 2.24) is 4.90 Å². The van der Waals surface area contributed by atoms with Crippen LogP contribution in [0.15, 0.2) is 42.5 Å². The third-order valence-electron chi connectivity index (χ3n) is 4.92. The maximum absolute atomic E-state index is 12.5. The molecule has 0 unspecified atom stereocenters. The predicted octanol–water partition coefficient (Wildman–Crippen LogP) is 1.43.